The molecule has 1 atom stereocenters. The van der Waals surface area contributed by atoms with Crippen molar-refractivity contribution in [1.82, 2.24) is 5.06 Å². The molecule has 1 aromatic rings. The van der Waals surface area contributed by atoms with Crippen LogP contribution in [0, 0.1) is 5.82 Å². The Bertz CT molecular complexity index is 955. The molecule has 0 unspecified atom stereocenters. The fraction of sp³-hybridized carbons (Fsp3) is 0.700. The van der Waals surface area contributed by atoms with Crippen LogP contribution in [0.4, 0.5) is 20.6 Å². The Balaban J connectivity index is 1.59. The number of nitrogens with zero attached hydrogens (tertiary/aromatic N) is 3. The second kappa shape index (κ2) is 17.0. The lowest BCUT2D eigenvalue weighted by molar-refractivity contribution is -0.202. The number of ether oxygens (including phenoxy) is 2. The number of cyclic esters (lactones) is 1. The SMILES string of the molecule is CCCCCCCC(=O)ON(C[C@H]1CN(c2ccc(N3CCOCC3)c(F)c2)C(=O)O1)C(=O)CCCCCCC. The van der Waals surface area contributed by atoms with Gasteiger partial charge >= 0.3 is 12.1 Å². The molecule has 224 valence electrons. The van der Waals surface area contributed by atoms with Crippen LogP contribution in [-0.4, -0.2) is 68.5 Å². The molecular formula is C30H46FN3O6. The highest BCUT2D eigenvalue weighted by atomic mass is 19.1. The quantitative estimate of drug-likeness (QED) is 0.180. The monoisotopic (exact) mass is 563 g/mol. The molecule has 0 aromatic heterocycles. The van der Waals surface area contributed by atoms with Crippen molar-refractivity contribution in [2.75, 3.05) is 49.2 Å². The highest BCUT2D eigenvalue weighted by Crippen LogP contribution is 2.29. The predicted molar refractivity (Wildman–Crippen MR) is 152 cm³/mol. The van der Waals surface area contributed by atoms with Crippen molar-refractivity contribution in [1.29, 1.82) is 0 Å². The average molecular weight is 564 g/mol. The zero-order valence-corrected chi connectivity index (χ0v) is 24.2. The Hall–Kier alpha value is -2.88. The van der Waals surface area contributed by atoms with Gasteiger partial charge in [0, 0.05) is 25.9 Å². The minimum absolute atomic E-state index is 0.0635. The van der Waals surface area contributed by atoms with E-state index in [1.807, 2.05) is 4.90 Å². The van der Waals surface area contributed by atoms with Crippen LogP contribution in [0.3, 0.4) is 0 Å². The average Bonchev–Trinajstić information content (AvgIpc) is 3.32. The lowest BCUT2D eigenvalue weighted by Crippen LogP contribution is -2.40. The van der Waals surface area contributed by atoms with Gasteiger partial charge in [-0.2, -0.15) is 5.06 Å². The molecule has 0 aliphatic carbocycles. The van der Waals surface area contributed by atoms with Crippen LogP contribution in [0.2, 0.25) is 0 Å². The number of hydrogen-bond acceptors (Lipinski definition) is 7. The summed E-state index contributed by atoms with van der Waals surface area (Å²) in [4.78, 5) is 47.0. The fourth-order valence-electron chi connectivity index (χ4n) is 4.97. The molecule has 0 spiro atoms. The van der Waals surface area contributed by atoms with Gasteiger partial charge < -0.3 is 19.2 Å². The van der Waals surface area contributed by atoms with Crippen LogP contribution in [0.1, 0.15) is 90.9 Å². The molecule has 0 bridgehead atoms. The van der Waals surface area contributed by atoms with Crippen LogP contribution < -0.4 is 9.80 Å². The number of rotatable bonds is 16. The number of amides is 2. The number of hydroxylamine groups is 2. The Morgan fingerprint density at radius 1 is 0.975 bits per heavy atom. The van der Waals surface area contributed by atoms with Crippen LogP contribution in [-0.2, 0) is 23.9 Å². The number of halogens is 1. The van der Waals surface area contributed by atoms with Gasteiger partial charge in [0.05, 0.1) is 37.7 Å². The molecule has 9 nitrogen and oxygen atoms in total. The van der Waals surface area contributed by atoms with Crippen LogP contribution in [0.15, 0.2) is 18.2 Å². The van der Waals surface area contributed by atoms with Crippen molar-refractivity contribution in [2.24, 2.45) is 0 Å². The van der Waals surface area contributed by atoms with E-state index in [0.717, 1.165) is 56.4 Å². The van der Waals surface area contributed by atoms with Crippen LogP contribution in [0.25, 0.3) is 0 Å². The third kappa shape index (κ3) is 9.94. The predicted octanol–water partition coefficient (Wildman–Crippen LogP) is 6.00. The Morgan fingerprint density at radius 2 is 1.62 bits per heavy atom. The van der Waals surface area contributed by atoms with E-state index in [1.54, 1.807) is 12.1 Å². The van der Waals surface area contributed by atoms with E-state index in [4.69, 9.17) is 14.3 Å². The zero-order valence-electron chi connectivity index (χ0n) is 24.2. The molecule has 2 aliphatic heterocycles. The lowest BCUT2D eigenvalue weighted by atomic mass is 10.1. The van der Waals surface area contributed by atoms with Gasteiger partial charge in [-0.3, -0.25) is 9.69 Å². The molecule has 0 radical (unpaired) electrons. The first-order valence-corrected chi connectivity index (χ1v) is 15.0. The number of benzene rings is 1. The summed E-state index contributed by atoms with van der Waals surface area (Å²) in [6.07, 6.45) is 9.01. The number of hydrogen-bond donors (Lipinski definition) is 0. The first-order valence-electron chi connectivity index (χ1n) is 15.0. The highest BCUT2D eigenvalue weighted by Gasteiger charge is 2.36. The largest absolute Gasteiger partial charge is 0.442 e. The zero-order chi connectivity index (χ0) is 28.7. The molecule has 2 fully saturated rings. The molecule has 1 aromatic carbocycles. The van der Waals surface area contributed by atoms with Gasteiger partial charge in [-0.25, -0.2) is 14.0 Å². The molecule has 10 heteroatoms. The standard InChI is InChI=1S/C30H46FN3O6/c1-3-5-7-9-11-13-28(35)34(40-29(36)14-12-10-8-6-4-2)23-25-22-33(30(37)39-25)24-15-16-27(26(31)21-24)32-17-19-38-20-18-32/h15-16,21,25H,3-14,17-20,22-23H2,1-2H3/t25-/m1/s1. The number of carbonyl (C=O) groups is 3. The van der Waals surface area contributed by atoms with Crippen molar-refractivity contribution in [3.63, 3.8) is 0 Å². The molecule has 2 heterocycles. The lowest BCUT2D eigenvalue weighted by Gasteiger charge is -2.29. The maximum atomic E-state index is 15.0. The van der Waals surface area contributed by atoms with Crippen molar-refractivity contribution >= 4 is 29.3 Å². The van der Waals surface area contributed by atoms with Crippen LogP contribution in [0.5, 0.6) is 0 Å². The number of carbonyl (C=O) groups excluding carboxylic acids is 3. The Labute approximate surface area is 237 Å². The number of anilines is 2. The van der Waals surface area contributed by atoms with Gasteiger partial charge in [-0.05, 0) is 31.0 Å². The van der Waals surface area contributed by atoms with E-state index in [-0.39, 0.29) is 31.8 Å². The smallest absolute Gasteiger partial charge is 0.414 e. The summed E-state index contributed by atoms with van der Waals surface area (Å²) in [5.74, 6) is -1.19. The Kier molecular flexibility index (Phi) is 13.5. The molecule has 3 rings (SSSR count). The molecule has 40 heavy (non-hydrogen) atoms. The molecular weight excluding hydrogens is 517 g/mol. The van der Waals surface area contributed by atoms with Gasteiger partial charge in [0.25, 0.3) is 5.91 Å². The molecule has 2 aliphatic rings. The minimum Gasteiger partial charge on any atom is -0.442 e. The second-order valence-electron chi connectivity index (χ2n) is 10.6. The van der Waals surface area contributed by atoms with Crippen molar-refractivity contribution < 1.29 is 33.1 Å². The van der Waals surface area contributed by atoms with Crippen molar-refractivity contribution in [2.45, 2.75) is 97.0 Å². The van der Waals surface area contributed by atoms with Gasteiger partial charge in [0.1, 0.15) is 11.9 Å². The van der Waals surface area contributed by atoms with E-state index < -0.39 is 24.0 Å². The van der Waals surface area contributed by atoms with Crippen molar-refractivity contribution in [3.05, 3.63) is 24.0 Å². The number of unbranched alkanes of at least 4 members (excludes halogenated alkanes) is 8. The van der Waals surface area contributed by atoms with Crippen LogP contribution >= 0.6 is 0 Å². The van der Waals surface area contributed by atoms with E-state index in [9.17, 15) is 18.8 Å². The molecule has 0 N–H and O–H groups in total. The Morgan fingerprint density at radius 3 is 2.27 bits per heavy atom. The third-order valence-corrected chi connectivity index (χ3v) is 7.31. The first-order chi connectivity index (χ1) is 19.4. The van der Waals surface area contributed by atoms with E-state index in [2.05, 4.69) is 13.8 Å². The van der Waals surface area contributed by atoms with E-state index in [1.165, 1.54) is 11.0 Å². The van der Waals surface area contributed by atoms with E-state index in [0.29, 0.717) is 50.5 Å². The summed E-state index contributed by atoms with van der Waals surface area (Å²) in [5.41, 5.74) is 0.841. The van der Waals surface area contributed by atoms with Gasteiger partial charge in [0.2, 0.25) is 0 Å². The summed E-state index contributed by atoms with van der Waals surface area (Å²) in [6, 6.07) is 4.68. The summed E-state index contributed by atoms with van der Waals surface area (Å²) >= 11 is 0. The van der Waals surface area contributed by atoms with Gasteiger partial charge in [-0.15, -0.1) is 0 Å². The van der Waals surface area contributed by atoms with Gasteiger partial charge in [-0.1, -0.05) is 65.2 Å². The maximum Gasteiger partial charge on any atom is 0.414 e. The second-order valence-corrected chi connectivity index (χ2v) is 10.6. The fourth-order valence-corrected chi connectivity index (χ4v) is 4.97. The first kappa shape index (κ1) is 31.6. The van der Waals surface area contributed by atoms with Gasteiger partial charge in [0.15, 0.2) is 0 Å². The minimum atomic E-state index is -0.712. The third-order valence-electron chi connectivity index (χ3n) is 7.31. The van der Waals surface area contributed by atoms with E-state index >= 15 is 0 Å². The summed E-state index contributed by atoms with van der Waals surface area (Å²) in [6.45, 7) is 6.60. The highest BCUT2D eigenvalue weighted by molar-refractivity contribution is 5.90. The maximum absolute atomic E-state index is 15.0. The molecule has 2 saturated heterocycles. The summed E-state index contributed by atoms with van der Waals surface area (Å²) < 4.78 is 25.8. The number of morpholine rings is 1. The molecule has 2 amide bonds. The van der Waals surface area contributed by atoms with Crippen molar-refractivity contribution in [3.8, 4) is 0 Å². The molecule has 0 saturated carbocycles. The topological polar surface area (TPSA) is 88.6 Å². The summed E-state index contributed by atoms with van der Waals surface area (Å²) in [7, 11) is 0. The summed E-state index contributed by atoms with van der Waals surface area (Å²) in [5, 5.41) is 1.07. The normalized spacial score (nSPS) is 17.2.